The fourth-order valence-corrected chi connectivity index (χ4v) is 3.23. The number of piperidine rings is 1. The van der Waals surface area contributed by atoms with Crippen molar-refractivity contribution in [3.8, 4) is 0 Å². The zero-order valence-electron chi connectivity index (χ0n) is 14.3. The smallest absolute Gasteiger partial charge is 0.289 e. The van der Waals surface area contributed by atoms with E-state index in [0.29, 0.717) is 24.3 Å². The summed E-state index contributed by atoms with van der Waals surface area (Å²) < 4.78 is 5.15. The number of H-pyrrole nitrogens is 1. The van der Waals surface area contributed by atoms with Crippen molar-refractivity contribution >= 4 is 11.8 Å². The van der Waals surface area contributed by atoms with Gasteiger partial charge in [-0.25, -0.2) is 0 Å². The quantitative estimate of drug-likeness (QED) is 0.885. The Balaban J connectivity index is 1.70. The van der Waals surface area contributed by atoms with Crippen LogP contribution in [0.15, 0.2) is 33.7 Å². The molecule has 2 aromatic heterocycles. The highest BCUT2D eigenvalue weighted by Crippen LogP contribution is 2.15. The van der Waals surface area contributed by atoms with Crippen LogP contribution >= 0.6 is 0 Å². The van der Waals surface area contributed by atoms with Crippen LogP contribution in [0.1, 0.15) is 45.0 Å². The number of nitrogens with zero attached hydrogens (tertiary/aromatic N) is 1. The predicted molar refractivity (Wildman–Crippen MR) is 91.6 cm³/mol. The number of likely N-dealkylation sites (tertiary alicyclic amines) is 1. The second-order valence-corrected chi connectivity index (χ2v) is 6.38. The number of hydrogen-bond donors (Lipinski definition) is 2. The van der Waals surface area contributed by atoms with E-state index in [9.17, 15) is 14.4 Å². The Kier molecular flexibility index (Phi) is 4.74. The first kappa shape index (κ1) is 17.0. The maximum atomic E-state index is 12.5. The highest BCUT2D eigenvalue weighted by atomic mass is 16.3. The highest BCUT2D eigenvalue weighted by Gasteiger charge is 2.27. The van der Waals surface area contributed by atoms with Crippen molar-refractivity contribution in [1.82, 2.24) is 15.2 Å². The molecule has 1 atom stereocenters. The van der Waals surface area contributed by atoms with Gasteiger partial charge < -0.3 is 19.6 Å². The fourth-order valence-electron chi connectivity index (χ4n) is 3.23. The van der Waals surface area contributed by atoms with Gasteiger partial charge in [-0.1, -0.05) is 0 Å². The molecule has 25 heavy (non-hydrogen) atoms. The normalized spacial score (nSPS) is 17.4. The fraction of sp³-hybridized carbons (Fsp3) is 0.389. The van der Waals surface area contributed by atoms with E-state index in [1.165, 1.54) is 6.26 Å². The minimum Gasteiger partial charge on any atom is -0.459 e. The zero-order chi connectivity index (χ0) is 18.0. The van der Waals surface area contributed by atoms with Gasteiger partial charge in [0.05, 0.1) is 6.26 Å². The molecule has 3 rings (SSSR count). The lowest BCUT2D eigenvalue weighted by molar-refractivity contribution is 0.0646. The van der Waals surface area contributed by atoms with Crippen molar-refractivity contribution in [1.29, 1.82) is 0 Å². The molecule has 0 saturated carbocycles. The monoisotopic (exact) mass is 343 g/mol. The van der Waals surface area contributed by atoms with Crippen molar-refractivity contribution in [2.24, 2.45) is 0 Å². The van der Waals surface area contributed by atoms with Crippen molar-refractivity contribution < 1.29 is 14.0 Å². The van der Waals surface area contributed by atoms with Gasteiger partial charge >= 0.3 is 0 Å². The van der Waals surface area contributed by atoms with Gasteiger partial charge in [0, 0.05) is 24.8 Å². The number of hydrogen-bond acceptors (Lipinski definition) is 4. The predicted octanol–water partition coefficient (Wildman–Crippen LogP) is 1.62. The molecule has 132 valence electrons. The van der Waals surface area contributed by atoms with Gasteiger partial charge in [0.15, 0.2) is 5.76 Å². The van der Waals surface area contributed by atoms with E-state index in [4.69, 9.17) is 4.42 Å². The lowest BCUT2D eigenvalue weighted by Crippen LogP contribution is -2.50. The van der Waals surface area contributed by atoms with Gasteiger partial charge in [-0.15, -0.1) is 0 Å². The Morgan fingerprint density at radius 3 is 2.84 bits per heavy atom. The summed E-state index contributed by atoms with van der Waals surface area (Å²) >= 11 is 0. The van der Waals surface area contributed by atoms with Gasteiger partial charge in [-0.2, -0.15) is 0 Å². The zero-order valence-corrected chi connectivity index (χ0v) is 14.3. The second-order valence-electron chi connectivity index (χ2n) is 6.38. The molecule has 0 unspecified atom stereocenters. The molecule has 0 spiro atoms. The molecule has 7 heteroatoms. The van der Waals surface area contributed by atoms with E-state index in [0.717, 1.165) is 12.8 Å². The number of furan rings is 1. The van der Waals surface area contributed by atoms with Gasteiger partial charge in [0.1, 0.15) is 5.56 Å². The average Bonchev–Trinajstić information content (AvgIpc) is 3.07. The Labute approximate surface area is 145 Å². The van der Waals surface area contributed by atoms with Crippen LogP contribution in [-0.2, 0) is 0 Å². The number of aryl methyl sites for hydroxylation is 2. The van der Waals surface area contributed by atoms with Gasteiger partial charge in [-0.3, -0.25) is 14.4 Å². The van der Waals surface area contributed by atoms with E-state index >= 15 is 0 Å². The maximum absolute atomic E-state index is 12.5. The van der Waals surface area contributed by atoms with Gasteiger partial charge in [0.25, 0.3) is 17.4 Å². The number of rotatable bonds is 3. The van der Waals surface area contributed by atoms with Crippen molar-refractivity contribution in [2.75, 3.05) is 13.1 Å². The van der Waals surface area contributed by atoms with E-state index in [1.807, 2.05) is 0 Å². The molecule has 0 aliphatic carbocycles. The Morgan fingerprint density at radius 1 is 1.36 bits per heavy atom. The van der Waals surface area contributed by atoms with Crippen LogP contribution in [0.5, 0.6) is 0 Å². The molecule has 0 radical (unpaired) electrons. The Bertz CT molecular complexity index is 839. The lowest BCUT2D eigenvalue weighted by Gasteiger charge is -2.32. The van der Waals surface area contributed by atoms with Crippen LogP contribution in [0.25, 0.3) is 0 Å². The minimum atomic E-state index is -0.406. The number of aromatic amines is 1. The van der Waals surface area contributed by atoms with Gasteiger partial charge in [0.2, 0.25) is 0 Å². The van der Waals surface area contributed by atoms with Crippen molar-refractivity contribution in [3.63, 3.8) is 0 Å². The molecule has 1 saturated heterocycles. The highest BCUT2D eigenvalue weighted by molar-refractivity contribution is 5.95. The number of pyridine rings is 1. The summed E-state index contributed by atoms with van der Waals surface area (Å²) in [7, 11) is 0. The average molecular weight is 343 g/mol. The third-order valence-corrected chi connectivity index (χ3v) is 4.37. The third-order valence-electron chi connectivity index (χ3n) is 4.37. The standard InChI is InChI=1S/C18H21N3O4/c1-11-9-12(2)19-16(22)15(11)17(23)20-13-5-3-7-21(10-13)18(24)14-6-4-8-25-14/h4,6,8-9,13H,3,5,7,10H2,1-2H3,(H,19,22)(H,20,23)/t13-/m0/s1. The number of amides is 2. The van der Waals surface area contributed by atoms with E-state index in [-0.39, 0.29) is 23.3 Å². The molecule has 3 heterocycles. The van der Waals surface area contributed by atoms with E-state index < -0.39 is 11.5 Å². The van der Waals surface area contributed by atoms with Crippen LogP contribution in [0.4, 0.5) is 0 Å². The topological polar surface area (TPSA) is 95.4 Å². The molecule has 7 nitrogen and oxygen atoms in total. The first-order valence-electron chi connectivity index (χ1n) is 8.30. The molecule has 1 aliphatic heterocycles. The summed E-state index contributed by atoms with van der Waals surface area (Å²) in [6, 6.07) is 4.87. The van der Waals surface area contributed by atoms with Gasteiger partial charge in [-0.05, 0) is 50.5 Å². The summed E-state index contributed by atoms with van der Waals surface area (Å²) in [5, 5.41) is 2.88. The van der Waals surface area contributed by atoms with Crippen LogP contribution in [0.3, 0.4) is 0 Å². The van der Waals surface area contributed by atoms with Crippen molar-refractivity contribution in [3.05, 3.63) is 57.4 Å². The minimum absolute atomic E-state index is 0.125. The van der Waals surface area contributed by atoms with Crippen LogP contribution in [-0.4, -0.2) is 40.8 Å². The van der Waals surface area contributed by atoms with Crippen LogP contribution < -0.4 is 10.9 Å². The maximum Gasteiger partial charge on any atom is 0.289 e. The van der Waals surface area contributed by atoms with E-state index in [1.54, 1.807) is 36.9 Å². The Hall–Kier alpha value is -2.83. The molecule has 1 fully saturated rings. The summed E-state index contributed by atoms with van der Waals surface area (Å²) in [5.74, 6) is -0.304. The molecule has 2 aromatic rings. The molecule has 2 amide bonds. The first-order valence-corrected chi connectivity index (χ1v) is 8.30. The molecule has 2 N–H and O–H groups in total. The number of aromatic nitrogens is 1. The SMILES string of the molecule is Cc1cc(C)c(C(=O)N[C@H]2CCCN(C(=O)c3ccco3)C2)c(=O)[nH]1. The number of carbonyl (C=O) groups is 2. The molecule has 0 aromatic carbocycles. The molecule has 1 aliphatic rings. The number of nitrogens with one attached hydrogen (secondary N) is 2. The van der Waals surface area contributed by atoms with E-state index in [2.05, 4.69) is 10.3 Å². The first-order chi connectivity index (χ1) is 12.0. The van der Waals surface area contributed by atoms with Crippen LogP contribution in [0, 0.1) is 13.8 Å². The summed E-state index contributed by atoms with van der Waals surface area (Å²) in [6.45, 7) is 4.53. The third kappa shape index (κ3) is 3.65. The number of carbonyl (C=O) groups excluding carboxylic acids is 2. The summed E-state index contributed by atoms with van der Waals surface area (Å²) in [6.07, 6.45) is 3.00. The molecular formula is C18H21N3O4. The molecule has 0 bridgehead atoms. The Morgan fingerprint density at radius 2 is 2.16 bits per heavy atom. The lowest BCUT2D eigenvalue weighted by atomic mass is 10.0. The van der Waals surface area contributed by atoms with Crippen LogP contribution in [0.2, 0.25) is 0 Å². The largest absolute Gasteiger partial charge is 0.459 e. The molecular weight excluding hydrogens is 322 g/mol. The second kappa shape index (κ2) is 6.96. The summed E-state index contributed by atoms with van der Waals surface area (Å²) in [4.78, 5) is 41.3. The van der Waals surface area contributed by atoms with Crippen molar-refractivity contribution in [2.45, 2.75) is 32.7 Å². The summed E-state index contributed by atoms with van der Waals surface area (Å²) in [5.41, 5.74) is 1.08.